The van der Waals surface area contributed by atoms with Crippen molar-refractivity contribution < 1.29 is 4.79 Å². The third-order valence-corrected chi connectivity index (χ3v) is 7.42. The summed E-state index contributed by atoms with van der Waals surface area (Å²) in [7, 11) is 0. The lowest BCUT2D eigenvalue weighted by Crippen LogP contribution is -2.14. The van der Waals surface area contributed by atoms with Crippen LogP contribution in [0, 0.1) is 5.92 Å². The molecule has 2 nitrogen and oxygen atoms in total. The number of thioether (sulfide) groups is 1. The first-order chi connectivity index (χ1) is 12.1. The lowest BCUT2D eigenvalue weighted by atomic mass is 9.88. The summed E-state index contributed by atoms with van der Waals surface area (Å²) in [6, 6.07) is 8.12. The number of carbonyl (C=O) groups excluding carboxylic acids is 1. The van der Waals surface area contributed by atoms with Crippen LogP contribution in [0.2, 0.25) is 0 Å². The van der Waals surface area contributed by atoms with E-state index in [0.717, 1.165) is 28.7 Å². The Bertz CT molecular complexity index is 832. The van der Waals surface area contributed by atoms with Crippen LogP contribution in [0.25, 0.3) is 6.08 Å². The molecule has 1 aliphatic carbocycles. The number of benzene rings is 1. The van der Waals surface area contributed by atoms with Gasteiger partial charge in [0.25, 0.3) is 5.91 Å². The number of nitrogens with one attached hydrogen (secondary N) is 1. The molecule has 1 amide bonds. The van der Waals surface area contributed by atoms with E-state index in [1.807, 2.05) is 23.5 Å². The first-order valence-corrected chi connectivity index (χ1v) is 10.8. The number of amides is 1. The van der Waals surface area contributed by atoms with Crippen LogP contribution in [0.3, 0.4) is 0 Å². The predicted octanol–water partition coefficient (Wildman–Crippen LogP) is 5.66. The Balaban J connectivity index is 1.53. The van der Waals surface area contributed by atoms with Gasteiger partial charge in [0.2, 0.25) is 0 Å². The fourth-order valence-electron chi connectivity index (χ4n) is 3.57. The smallest absolute Gasteiger partial charge is 0.262 e. The molecule has 0 radical (unpaired) electrons. The molecule has 2 heterocycles. The van der Waals surface area contributed by atoms with E-state index in [4.69, 9.17) is 0 Å². The van der Waals surface area contributed by atoms with Crippen molar-refractivity contribution in [3.05, 3.63) is 55.6 Å². The average molecular weight is 370 g/mol. The molecule has 1 atom stereocenters. The first-order valence-electron chi connectivity index (χ1n) is 9.02. The van der Waals surface area contributed by atoms with E-state index in [2.05, 4.69) is 37.4 Å². The van der Waals surface area contributed by atoms with Gasteiger partial charge < -0.3 is 5.32 Å². The molecule has 2 aromatic rings. The van der Waals surface area contributed by atoms with Crippen LogP contribution in [0.4, 0.5) is 5.69 Å². The summed E-state index contributed by atoms with van der Waals surface area (Å²) in [6.45, 7) is 4.48. The van der Waals surface area contributed by atoms with Crippen LogP contribution in [0.1, 0.15) is 46.7 Å². The SMILES string of the molecule is CCc1ccc(NC(=O)C2=Cc3sc4c(c3CS2)CC[C@@H](C)C4)cc1. The number of hydrogen-bond donors (Lipinski definition) is 1. The molecule has 130 valence electrons. The van der Waals surface area contributed by atoms with E-state index in [1.54, 1.807) is 22.2 Å². The third kappa shape index (κ3) is 3.42. The zero-order valence-electron chi connectivity index (χ0n) is 14.7. The van der Waals surface area contributed by atoms with Crippen molar-refractivity contribution in [2.45, 2.75) is 45.3 Å². The highest BCUT2D eigenvalue weighted by molar-refractivity contribution is 8.03. The Morgan fingerprint density at radius 1 is 1.24 bits per heavy atom. The van der Waals surface area contributed by atoms with Crippen molar-refractivity contribution in [2.75, 3.05) is 5.32 Å². The van der Waals surface area contributed by atoms with Crippen LogP contribution in [-0.2, 0) is 29.8 Å². The summed E-state index contributed by atoms with van der Waals surface area (Å²) < 4.78 is 0. The van der Waals surface area contributed by atoms with Crippen LogP contribution in [0.15, 0.2) is 29.2 Å². The number of hydrogen-bond acceptors (Lipinski definition) is 3. The van der Waals surface area contributed by atoms with Gasteiger partial charge in [-0.3, -0.25) is 4.79 Å². The molecule has 0 saturated carbocycles. The molecule has 1 aliphatic heterocycles. The highest BCUT2D eigenvalue weighted by Gasteiger charge is 2.26. The van der Waals surface area contributed by atoms with Gasteiger partial charge in [-0.05, 0) is 66.5 Å². The standard InChI is InChI=1S/C21H23NOS2/c1-3-14-5-7-15(8-6-14)22-21(23)20-11-19-17(12-24-20)16-9-4-13(2)10-18(16)25-19/h5-8,11,13H,3-4,9-10,12H2,1-2H3,(H,22,23)/t13-/m1/s1. The average Bonchev–Trinajstić information content (AvgIpc) is 2.98. The minimum atomic E-state index is 0.0136. The van der Waals surface area contributed by atoms with Crippen LogP contribution >= 0.6 is 23.1 Å². The van der Waals surface area contributed by atoms with Crippen LogP contribution < -0.4 is 5.32 Å². The van der Waals surface area contributed by atoms with Crippen molar-refractivity contribution in [2.24, 2.45) is 5.92 Å². The lowest BCUT2D eigenvalue weighted by molar-refractivity contribution is -0.112. The highest BCUT2D eigenvalue weighted by Crippen LogP contribution is 2.43. The van der Waals surface area contributed by atoms with Gasteiger partial charge in [0.1, 0.15) is 0 Å². The zero-order valence-corrected chi connectivity index (χ0v) is 16.4. The maximum Gasteiger partial charge on any atom is 0.262 e. The van der Waals surface area contributed by atoms with Crippen molar-refractivity contribution in [3.8, 4) is 0 Å². The van der Waals surface area contributed by atoms with E-state index in [9.17, 15) is 4.79 Å². The molecule has 0 bridgehead atoms. The molecule has 1 N–H and O–H groups in total. The quantitative estimate of drug-likeness (QED) is 0.756. The zero-order chi connectivity index (χ0) is 17.4. The summed E-state index contributed by atoms with van der Waals surface area (Å²) in [5.41, 5.74) is 5.22. The first kappa shape index (κ1) is 16.9. The highest BCUT2D eigenvalue weighted by atomic mass is 32.2. The Hall–Kier alpha value is -1.52. The molecule has 4 rings (SSSR count). The van der Waals surface area contributed by atoms with E-state index in [0.29, 0.717) is 0 Å². The Kier molecular flexibility index (Phi) is 4.74. The van der Waals surface area contributed by atoms with Gasteiger partial charge in [-0.1, -0.05) is 26.0 Å². The van der Waals surface area contributed by atoms with Crippen molar-refractivity contribution in [3.63, 3.8) is 0 Å². The maximum atomic E-state index is 12.6. The van der Waals surface area contributed by atoms with Crippen LogP contribution in [-0.4, -0.2) is 5.91 Å². The molecular weight excluding hydrogens is 346 g/mol. The number of fused-ring (bicyclic) bond motifs is 3. The summed E-state index contributed by atoms with van der Waals surface area (Å²) in [6.07, 6.45) is 6.83. The largest absolute Gasteiger partial charge is 0.322 e. The molecule has 25 heavy (non-hydrogen) atoms. The number of rotatable bonds is 3. The second-order valence-electron chi connectivity index (χ2n) is 7.00. The van der Waals surface area contributed by atoms with Crippen molar-refractivity contribution >= 4 is 40.8 Å². The third-order valence-electron chi connectivity index (χ3n) is 5.13. The molecule has 0 saturated heterocycles. The summed E-state index contributed by atoms with van der Waals surface area (Å²) in [4.78, 5) is 16.3. The van der Waals surface area contributed by atoms with E-state index in [-0.39, 0.29) is 5.91 Å². The van der Waals surface area contributed by atoms with E-state index in [1.165, 1.54) is 35.3 Å². The van der Waals surface area contributed by atoms with Gasteiger partial charge in [0, 0.05) is 21.2 Å². The topological polar surface area (TPSA) is 29.1 Å². The van der Waals surface area contributed by atoms with Gasteiger partial charge in [-0.15, -0.1) is 23.1 Å². The fourth-order valence-corrected chi connectivity index (χ4v) is 6.23. The Labute approximate surface area is 157 Å². The molecule has 0 unspecified atom stereocenters. The predicted molar refractivity (Wildman–Crippen MR) is 109 cm³/mol. The number of aryl methyl sites for hydroxylation is 1. The fraction of sp³-hybridized carbons (Fsp3) is 0.381. The molecular formula is C21H23NOS2. The Morgan fingerprint density at radius 2 is 2.04 bits per heavy atom. The summed E-state index contributed by atoms with van der Waals surface area (Å²) in [5, 5.41) is 3.04. The second-order valence-corrected chi connectivity index (χ2v) is 9.15. The maximum absolute atomic E-state index is 12.6. The molecule has 1 aromatic heterocycles. The van der Waals surface area contributed by atoms with Gasteiger partial charge in [0.05, 0.1) is 4.91 Å². The van der Waals surface area contributed by atoms with E-state index < -0.39 is 0 Å². The van der Waals surface area contributed by atoms with Crippen molar-refractivity contribution in [1.29, 1.82) is 0 Å². The molecule has 4 heteroatoms. The minimum absolute atomic E-state index is 0.0136. The van der Waals surface area contributed by atoms with Gasteiger partial charge in [-0.2, -0.15) is 0 Å². The summed E-state index contributed by atoms with van der Waals surface area (Å²) >= 11 is 3.58. The monoisotopic (exact) mass is 369 g/mol. The van der Waals surface area contributed by atoms with Gasteiger partial charge in [-0.25, -0.2) is 0 Å². The van der Waals surface area contributed by atoms with Gasteiger partial charge in [0.15, 0.2) is 0 Å². The van der Waals surface area contributed by atoms with Gasteiger partial charge >= 0.3 is 0 Å². The number of thiophene rings is 1. The molecule has 0 spiro atoms. The lowest BCUT2D eigenvalue weighted by Gasteiger charge is -2.20. The van der Waals surface area contributed by atoms with Crippen molar-refractivity contribution in [1.82, 2.24) is 0 Å². The van der Waals surface area contributed by atoms with Crippen LogP contribution in [0.5, 0.6) is 0 Å². The Morgan fingerprint density at radius 3 is 2.80 bits per heavy atom. The number of anilines is 1. The minimum Gasteiger partial charge on any atom is -0.322 e. The molecule has 0 fully saturated rings. The normalized spacial score (nSPS) is 19.0. The summed E-state index contributed by atoms with van der Waals surface area (Å²) in [5.74, 6) is 1.74. The number of carbonyl (C=O) groups is 1. The van der Waals surface area contributed by atoms with E-state index >= 15 is 0 Å². The second kappa shape index (κ2) is 7.00. The molecule has 1 aromatic carbocycles. The molecule has 2 aliphatic rings.